The van der Waals surface area contributed by atoms with E-state index in [4.69, 9.17) is 14.2 Å². The SMILES string of the molecule is CC[C@@H](C)[C@H](Nc1ccc2c(cc1=O)[C@@H](NC(C)=O)CCc1cc(OC)c(OC)c(OC)c1-2)C(=O)NC1CCN(Cc2ccccc2)CC1. The van der Waals surface area contributed by atoms with E-state index in [9.17, 15) is 14.4 Å². The van der Waals surface area contributed by atoms with Gasteiger partial charge >= 0.3 is 0 Å². The van der Waals surface area contributed by atoms with Crippen LogP contribution in [0.3, 0.4) is 0 Å². The first kappa shape index (κ1) is 35.7. The first-order valence-corrected chi connectivity index (χ1v) is 17.3. The van der Waals surface area contributed by atoms with Gasteiger partial charge in [-0.25, -0.2) is 0 Å². The Balaban J connectivity index is 1.44. The largest absolute Gasteiger partial charge is 0.493 e. The van der Waals surface area contributed by atoms with Crippen molar-refractivity contribution in [1.82, 2.24) is 15.5 Å². The number of piperidine rings is 1. The molecule has 0 aromatic heterocycles. The molecule has 5 rings (SSSR count). The van der Waals surface area contributed by atoms with E-state index in [-0.39, 0.29) is 29.2 Å². The number of amides is 2. The fourth-order valence-electron chi connectivity index (χ4n) is 7.06. The minimum atomic E-state index is -0.612. The van der Waals surface area contributed by atoms with Crippen LogP contribution in [0, 0.1) is 5.92 Å². The number of carbonyl (C=O) groups excluding carboxylic acids is 2. The molecule has 3 atom stereocenters. The number of carbonyl (C=O) groups is 2. The Kier molecular flexibility index (Phi) is 11.8. The number of hydrogen-bond donors (Lipinski definition) is 3. The Morgan fingerprint density at radius 3 is 2.27 bits per heavy atom. The third-order valence-electron chi connectivity index (χ3n) is 9.91. The van der Waals surface area contributed by atoms with Gasteiger partial charge in [0.2, 0.25) is 23.0 Å². The van der Waals surface area contributed by atoms with Gasteiger partial charge in [-0.2, -0.15) is 0 Å². The van der Waals surface area contributed by atoms with Crippen molar-refractivity contribution in [3.05, 3.63) is 81.5 Å². The predicted octanol–water partition coefficient (Wildman–Crippen LogP) is 5.47. The molecule has 1 heterocycles. The maximum atomic E-state index is 14.0. The Hall–Kier alpha value is -4.57. The molecule has 3 N–H and O–H groups in total. The van der Waals surface area contributed by atoms with E-state index >= 15 is 0 Å². The molecule has 2 amide bonds. The molecule has 49 heavy (non-hydrogen) atoms. The molecule has 0 spiro atoms. The summed E-state index contributed by atoms with van der Waals surface area (Å²) in [5, 5.41) is 9.68. The second-order valence-corrected chi connectivity index (χ2v) is 13.1. The number of likely N-dealkylation sites (tertiary alicyclic amines) is 1. The lowest BCUT2D eigenvalue weighted by molar-refractivity contribution is -0.124. The number of fused-ring (bicyclic) bond motifs is 3. The number of aryl methyl sites for hydroxylation is 1. The van der Waals surface area contributed by atoms with Gasteiger partial charge in [0.05, 0.1) is 33.1 Å². The van der Waals surface area contributed by atoms with Crippen molar-refractivity contribution in [3.63, 3.8) is 0 Å². The number of anilines is 1. The molecule has 10 heteroatoms. The number of rotatable bonds is 12. The fraction of sp³-hybridized carbons (Fsp3) is 0.462. The molecule has 0 radical (unpaired) electrons. The van der Waals surface area contributed by atoms with E-state index in [2.05, 4.69) is 45.1 Å². The highest BCUT2D eigenvalue weighted by molar-refractivity contribution is 5.86. The van der Waals surface area contributed by atoms with Crippen LogP contribution in [0.25, 0.3) is 11.1 Å². The summed E-state index contributed by atoms with van der Waals surface area (Å²) in [6.07, 6.45) is 3.65. The molecule has 1 aliphatic heterocycles. The molecule has 262 valence electrons. The highest BCUT2D eigenvalue weighted by Crippen LogP contribution is 2.50. The van der Waals surface area contributed by atoms with Crippen LogP contribution in [0.1, 0.15) is 69.2 Å². The first-order valence-electron chi connectivity index (χ1n) is 17.3. The molecule has 3 aromatic rings. The summed E-state index contributed by atoms with van der Waals surface area (Å²) in [7, 11) is 4.71. The Labute approximate surface area is 289 Å². The van der Waals surface area contributed by atoms with E-state index < -0.39 is 12.1 Å². The minimum absolute atomic E-state index is 0.0365. The maximum Gasteiger partial charge on any atom is 0.242 e. The molecule has 1 aliphatic carbocycles. The summed E-state index contributed by atoms with van der Waals surface area (Å²) in [5.41, 5.74) is 4.47. The van der Waals surface area contributed by atoms with Crippen LogP contribution in [0.4, 0.5) is 5.69 Å². The molecule has 2 aliphatic rings. The summed E-state index contributed by atoms with van der Waals surface area (Å²) in [6, 6.07) is 16.6. The monoisotopic (exact) mass is 670 g/mol. The van der Waals surface area contributed by atoms with E-state index in [0.29, 0.717) is 41.3 Å². The number of benzene rings is 2. The molecule has 3 aromatic carbocycles. The molecule has 0 unspecified atom stereocenters. The van der Waals surface area contributed by atoms with Crippen molar-refractivity contribution in [2.75, 3.05) is 39.7 Å². The van der Waals surface area contributed by atoms with Crippen LogP contribution >= 0.6 is 0 Å². The lowest BCUT2D eigenvalue weighted by atomic mass is 9.95. The molecule has 10 nitrogen and oxygen atoms in total. The van der Waals surface area contributed by atoms with Crippen molar-refractivity contribution in [2.45, 2.75) is 77.5 Å². The van der Waals surface area contributed by atoms with Crippen molar-refractivity contribution in [1.29, 1.82) is 0 Å². The third kappa shape index (κ3) is 8.19. The first-order chi connectivity index (χ1) is 23.7. The van der Waals surface area contributed by atoms with Crippen LogP contribution in [-0.2, 0) is 22.6 Å². The molecule has 0 saturated carbocycles. The molecule has 1 saturated heterocycles. The third-order valence-corrected chi connectivity index (χ3v) is 9.91. The number of hydrogen-bond acceptors (Lipinski definition) is 8. The van der Waals surface area contributed by atoms with Crippen LogP contribution in [0.5, 0.6) is 17.2 Å². The zero-order chi connectivity index (χ0) is 35.1. The zero-order valence-corrected chi connectivity index (χ0v) is 29.6. The van der Waals surface area contributed by atoms with Crippen LogP contribution in [-0.4, -0.2) is 63.2 Å². The second kappa shape index (κ2) is 16.2. The number of methoxy groups -OCH3 is 3. The summed E-state index contributed by atoms with van der Waals surface area (Å²) in [6.45, 7) is 8.26. The minimum Gasteiger partial charge on any atom is -0.493 e. The number of ether oxygens (including phenoxy) is 3. The van der Waals surface area contributed by atoms with Crippen LogP contribution in [0.15, 0.2) is 59.4 Å². The van der Waals surface area contributed by atoms with Crippen LogP contribution in [0.2, 0.25) is 0 Å². The fourth-order valence-corrected chi connectivity index (χ4v) is 7.06. The van der Waals surface area contributed by atoms with E-state index in [1.165, 1.54) is 12.5 Å². The van der Waals surface area contributed by atoms with Gasteiger partial charge in [-0.15, -0.1) is 0 Å². The molecule has 1 fully saturated rings. The van der Waals surface area contributed by atoms with Gasteiger partial charge < -0.3 is 30.2 Å². The smallest absolute Gasteiger partial charge is 0.242 e. The van der Waals surface area contributed by atoms with Gasteiger partial charge in [0.25, 0.3) is 0 Å². The highest BCUT2D eigenvalue weighted by Gasteiger charge is 2.31. The Morgan fingerprint density at radius 1 is 0.918 bits per heavy atom. The van der Waals surface area contributed by atoms with E-state index in [1.807, 2.05) is 32.0 Å². The number of nitrogens with one attached hydrogen (secondary N) is 3. The normalized spacial score (nSPS) is 17.4. The van der Waals surface area contributed by atoms with Crippen molar-refractivity contribution in [2.24, 2.45) is 5.92 Å². The predicted molar refractivity (Wildman–Crippen MR) is 192 cm³/mol. The van der Waals surface area contributed by atoms with Gasteiger partial charge in [0.15, 0.2) is 11.5 Å². The average Bonchev–Trinajstić information content (AvgIpc) is 3.35. The molecular weight excluding hydrogens is 620 g/mol. The van der Waals surface area contributed by atoms with Crippen molar-refractivity contribution < 1.29 is 23.8 Å². The summed E-state index contributed by atoms with van der Waals surface area (Å²) < 4.78 is 17.2. The van der Waals surface area contributed by atoms with E-state index in [1.54, 1.807) is 33.5 Å². The molecule has 0 bridgehead atoms. The topological polar surface area (TPSA) is 118 Å². The van der Waals surface area contributed by atoms with E-state index in [0.717, 1.165) is 55.6 Å². The standard InChI is InChI=1S/C39H50N4O6/c1-7-24(2)36(39(46)41-28-17-19-43(20-18-28)23-26-11-9-8-10-12-26)42-32-16-14-29-30(22-33(32)45)31(40-25(3)44)15-13-27-21-34(47-4)37(48-5)38(49-6)35(27)29/h8-12,14,16,21-22,24,28,31,36H,7,13,15,17-20,23H2,1-6H3,(H,40,44)(H,41,46)(H,42,45)/t24-,31+,36+/m1/s1. The maximum absolute atomic E-state index is 14.0. The Morgan fingerprint density at radius 2 is 1.63 bits per heavy atom. The molecular formula is C39H50N4O6. The zero-order valence-electron chi connectivity index (χ0n) is 29.6. The summed E-state index contributed by atoms with van der Waals surface area (Å²) in [4.78, 5) is 42.6. The lowest BCUT2D eigenvalue weighted by Crippen LogP contribution is -2.51. The van der Waals surface area contributed by atoms with Gasteiger partial charge in [0, 0.05) is 38.2 Å². The average molecular weight is 671 g/mol. The summed E-state index contributed by atoms with van der Waals surface area (Å²) in [5.74, 6) is 1.13. The van der Waals surface area contributed by atoms with Gasteiger partial charge in [0.1, 0.15) is 6.04 Å². The van der Waals surface area contributed by atoms with Crippen molar-refractivity contribution >= 4 is 17.5 Å². The highest BCUT2D eigenvalue weighted by atomic mass is 16.5. The second-order valence-electron chi connectivity index (χ2n) is 13.1. The van der Waals surface area contributed by atoms with Crippen molar-refractivity contribution in [3.8, 4) is 28.4 Å². The quantitative estimate of drug-likeness (QED) is 0.232. The summed E-state index contributed by atoms with van der Waals surface area (Å²) >= 11 is 0. The van der Waals surface area contributed by atoms with Gasteiger partial charge in [-0.05, 0) is 72.1 Å². The lowest BCUT2D eigenvalue weighted by Gasteiger charge is -2.34. The number of nitrogens with zero attached hydrogens (tertiary/aromatic N) is 1. The van der Waals surface area contributed by atoms with Gasteiger partial charge in [-0.3, -0.25) is 19.3 Å². The Bertz CT molecular complexity index is 1690. The van der Waals surface area contributed by atoms with Crippen LogP contribution < -0.4 is 35.6 Å². The van der Waals surface area contributed by atoms with Gasteiger partial charge in [-0.1, -0.05) is 56.7 Å².